The number of hydrogen-bond donors (Lipinski definition) is 3. The van der Waals surface area contributed by atoms with E-state index in [-0.39, 0.29) is 30.6 Å². The van der Waals surface area contributed by atoms with Crippen molar-refractivity contribution in [2.45, 2.75) is 103 Å². The monoisotopic (exact) mass is 600 g/mol. The number of esters is 3. The Morgan fingerprint density at radius 2 is 1.60 bits per heavy atom. The Balaban J connectivity index is 1.87. The first-order chi connectivity index (χ1) is 19.8. The molecule has 4 aliphatic rings. The highest BCUT2D eigenvalue weighted by Crippen LogP contribution is 2.65. The SMILES string of the molecule is CC(=O)O[C@H]1C(=O)[C@@]2(C)[C@H]([C@H](OC(=O)c3ccccc3)[C@]3(O)C[C@@](C)(O)C(C)=C1C3(C)C)[C@]1(OC(C)=O)CO[C@@H]1C[C@@H]2O. The van der Waals surface area contributed by atoms with Crippen LogP contribution in [0, 0.1) is 16.7 Å². The van der Waals surface area contributed by atoms with Gasteiger partial charge in [-0.15, -0.1) is 0 Å². The fourth-order valence-electron chi connectivity index (χ4n) is 8.14. The number of rotatable bonds is 4. The van der Waals surface area contributed by atoms with Gasteiger partial charge in [0.15, 0.2) is 17.5 Å². The van der Waals surface area contributed by atoms with Crippen LogP contribution < -0.4 is 0 Å². The molecule has 11 nitrogen and oxygen atoms in total. The number of fused-ring (bicyclic) bond motifs is 5. The summed E-state index contributed by atoms with van der Waals surface area (Å²) in [6, 6.07) is 8.05. The maximum atomic E-state index is 14.9. The number of carbonyl (C=O) groups excluding carboxylic acids is 4. The number of benzene rings is 1. The fourth-order valence-corrected chi connectivity index (χ4v) is 8.14. The zero-order valence-electron chi connectivity index (χ0n) is 25.5. The fraction of sp³-hybridized carbons (Fsp3) is 0.625. The molecule has 0 radical (unpaired) electrons. The summed E-state index contributed by atoms with van der Waals surface area (Å²) in [5.41, 5.74) is -8.25. The summed E-state index contributed by atoms with van der Waals surface area (Å²) < 4.78 is 23.6. The third-order valence-corrected chi connectivity index (χ3v) is 10.6. The van der Waals surface area contributed by atoms with Gasteiger partial charge >= 0.3 is 17.9 Å². The molecule has 2 saturated carbocycles. The number of ketones is 1. The van der Waals surface area contributed by atoms with Crippen LogP contribution in [0.5, 0.6) is 0 Å². The highest BCUT2D eigenvalue weighted by atomic mass is 16.6. The largest absolute Gasteiger partial charge is 0.455 e. The predicted octanol–water partition coefficient (Wildman–Crippen LogP) is 2.04. The van der Waals surface area contributed by atoms with E-state index in [1.54, 1.807) is 39.0 Å². The lowest BCUT2D eigenvalue weighted by molar-refractivity contribution is -0.346. The van der Waals surface area contributed by atoms with E-state index in [4.69, 9.17) is 18.9 Å². The maximum Gasteiger partial charge on any atom is 0.338 e. The number of ether oxygens (including phenoxy) is 4. The average Bonchev–Trinajstić information content (AvgIpc) is 2.90. The molecule has 0 unspecified atom stereocenters. The quantitative estimate of drug-likeness (QED) is 0.263. The molecule has 1 aliphatic heterocycles. The molecule has 43 heavy (non-hydrogen) atoms. The Hall–Kier alpha value is -3.12. The van der Waals surface area contributed by atoms with Crippen LogP contribution in [0.25, 0.3) is 0 Å². The maximum absolute atomic E-state index is 14.9. The molecule has 1 saturated heterocycles. The summed E-state index contributed by atoms with van der Waals surface area (Å²) in [4.78, 5) is 53.8. The topological polar surface area (TPSA) is 166 Å². The number of Topliss-reactive ketones (excluding diaryl/α,β-unsaturated/α-hetero) is 1. The molecule has 0 spiro atoms. The van der Waals surface area contributed by atoms with Crippen molar-refractivity contribution >= 4 is 23.7 Å². The van der Waals surface area contributed by atoms with Crippen LogP contribution in [0.4, 0.5) is 0 Å². The van der Waals surface area contributed by atoms with Crippen LogP contribution in [0.15, 0.2) is 41.5 Å². The molecule has 234 valence electrons. The van der Waals surface area contributed by atoms with E-state index in [9.17, 15) is 34.5 Å². The van der Waals surface area contributed by atoms with Gasteiger partial charge in [0.05, 0.1) is 35.2 Å². The predicted molar refractivity (Wildman–Crippen MR) is 149 cm³/mol. The average molecular weight is 601 g/mol. The Labute approximate surface area is 250 Å². The first-order valence-corrected chi connectivity index (χ1v) is 14.5. The molecule has 9 atom stereocenters. The van der Waals surface area contributed by atoms with Crippen molar-refractivity contribution in [1.29, 1.82) is 0 Å². The molecule has 0 aromatic heterocycles. The summed E-state index contributed by atoms with van der Waals surface area (Å²) in [5, 5.41) is 36.5. The van der Waals surface area contributed by atoms with Crippen molar-refractivity contribution in [3.8, 4) is 0 Å². The van der Waals surface area contributed by atoms with Gasteiger partial charge in [0.25, 0.3) is 0 Å². The van der Waals surface area contributed by atoms with Gasteiger partial charge in [0, 0.05) is 32.1 Å². The molecule has 1 heterocycles. The second-order valence-electron chi connectivity index (χ2n) is 13.4. The van der Waals surface area contributed by atoms with Gasteiger partial charge in [-0.2, -0.15) is 0 Å². The van der Waals surface area contributed by atoms with Gasteiger partial charge in [-0.3, -0.25) is 14.4 Å². The van der Waals surface area contributed by atoms with E-state index < -0.39 is 81.7 Å². The number of aliphatic hydroxyl groups is 3. The summed E-state index contributed by atoms with van der Waals surface area (Å²) in [6.07, 6.45) is -6.06. The third kappa shape index (κ3) is 4.30. The third-order valence-electron chi connectivity index (χ3n) is 10.6. The van der Waals surface area contributed by atoms with Crippen molar-refractivity contribution in [3.63, 3.8) is 0 Å². The van der Waals surface area contributed by atoms with E-state index in [0.717, 1.165) is 6.92 Å². The van der Waals surface area contributed by atoms with Gasteiger partial charge in [-0.25, -0.2) is 4.79 Å². The van der Waals surface area contributed by atoms with Crippen LogP contribution in [-0.2, 0) is 33.3 Å². The van der Waals surface area contributed by atoms with Crippen molar-refractivity contribution < 1.29 is 53.4 Å². The van der Waals surface area contributed by atoms with Crippen molar-refractivity contribution in [3.05, 3.63) is 47.0 Å². The second kappa shape index (κ2) is 9.95. The molecule has 5 rings (SSSR count). The van der Waals surface area contributed by atoms with Gasteiger partial charge in [-0.05, 0) is 44.1 Å². The van der Waals surface area contributed by atoms with Crippen LogP contribution in [0.3, 0.4) is 0 Å². The number of aliphatic hydroxyl groups excluding tert-OH is 1. The summed E-state index contributed by atoms with van der Waals surface area (Å²) in [6.45, 7) is 9.89. The van der Waals surface area contributed by atoms with E-state index in [0.29, 0.717) is 5.57 Å². The van der Waals surface area contributed by atoms with E-state index in [1.807, 2.05) is 0 Å². The minimum Gasteiger partial charge on any atom is -0.455 e. The van der Waals surface area contributed by atoms with Crippen molar-refractivity contribution in [2.24, 2.45) is 16.7 Å². The smallest absolute Gasteiger partial charge is 0.338 e. The second-order valence-corrected chi connectivity index (χ2v) is 13.4. The standard InChI is InChI=1S/C32H40O11/c1-16-22-23(41-17(2)33)25(36)30(7)20(35)13-21-31(15-40-21,43-18(3)34)24(30)26(42-27(37)19-11-9-8-10-12-19)32(39,28(22,4)5)14-29(16,6)38/h8-12,20-21,23-24,26,35,38-39H,13-15H2,1-7H3/t20-,21+,23+,24-,26-,29+,30+,31-,32+/m0/s1. The van der Waals surface area contributed by atoms with E-state index >= 15 is 0 Å². The summed E-state index contributed by atoms with van der Waals surface area (Å²) >= 11 is 0. The van der Waals surface area contributed by atoms with Gasteiger partial charge < -0.3 is 34.3 Å². The lowest BCUT2D eigenvalue weighted by Crippen LogP contribution is -2.82. The summed E-state index contributed by atoms with van der Waals surface area (Å²) in [5.74, 6) is -4.45. The van der Waals surface area contributed by atoms with Crippen LogP contribution in [0.2, 0.25) is 0 Å². The molecule has 1 aromatic rings. The lowest BCUT2D eigenvalue weighted by Gasteiger charge is -2.68. The van der Waals surface area contributed by atoms with Crippen molar-refractivity contribution in [2.75, 3.05) is 6.61 Å². The van der Waals surface area contributed by atoms with Gasteiger partial charge in [0.2, 0.25) is 0 Å². The Morgan fingerprint density at radius 3 is 2.14 bits per heavy atom. The van der Waals surface area contributed by atoms with Crippen molar-refractivity contribution in [1.82, 2.24) is 0 Å². The van der Waals surface area contributed by atoms with Crippen LogP contribution >= 0.6 is 0 Å². The molecule has 1 aromatic carbocycles. The lowest BCUT2D eigenvalue weighted by atomic mass is 9.44. The minimum atomic E-state index is -2.15. The van der Waals surface area contributed by atoms with E-state index in [2.05, 4.69) is 0 Å². The van der Waals surface area contributed by atoms with Gasteiger partial charge in [-0.1, -0.05) is 32.0 Å². The molecule has 0 amide bonds. The molecule has 3 fully saturated rings. The zero-order valence-corrected chi connectivity index (χ0v) is 25.5. The highest BCUT2D eigenvalue weighted by molar-refractivity contribution is 5.95. The van der Waals surface area contributed by atoms with Gasteiger partial charge in [0.1, 0.15) is 17.8 Å². The Bertz CT molecular complexity index is 1400. The molecular weight excluding hydrogens is 560 g/mol. The molecule has 3 aliphatic carbocycles. The first-order valence-electron chi connectivity index (χ1n) is 14.5. The van der Waals surface area contributed by atoms with Crippen LogP contribution in [0.1, 0.15) is 71.7 Å². The zero-order chi connectivity index (χ0) is 31.9. The molecule has 2 bridgehead atoms. The highest BCUT2D eigenvalue weighted by Gasteiger charge is 2.78. The molecular formula is C32H40O11. The minimum absolute atomic E-state index is 0.115. The Morgan fingerprint density at radius 1 is 0.977 bits per heavy atom. The number of hydrogen-bond acceptors (Lipinski definition) is 11. The summed E-state index contributed by atoms with van der Waals surface area (Å²) in [7, 11) is 0. The van der Waals surface area contributed by atoms with E-state index in [1.165, 1.54) is 32.9 Å². The molecule has 11 heteroatoms. The molecule has 3 N–H and O–H groups in total. The van der Waals surface area contributed by atoms with Crippen LogP contribution in [-0.4, -0.2) is 86.8 Å². The number of carbonyl (C=O) groups is 4. The Kier molecular flexibility index (Phi) is 7.24. The first kappa shape index (κ1) is 31.3. The normalized spacial score (nSPS) is 41.4.